The summed E-state index contributed by atoms with van der Waals surface area (Å²) < 4.78 is 11.4. The number of methoxy groups -OCH3 is 1. The molecular formula is C16H15N3O4. The van der Waals surface area contributed by atoms with E-state index in [0.29, 0.717) is 12.1 Å². The van der Waals surface area contributed by atoms with E-state index in [0.717, 1.165) is 22.1 Å². The molecule has 0 atom stereocenters. The standard InChI is InChI=1S/C16H15N3O4/c1-9-4-5-12-11(6-13(20)23-14(12)10(9)2)7-19-8-17-15(18-19)16(21)22-3/h4-6,8H,7H2,1-3H3. The van der Waals surface area contributed by atoms with Gasteiger partial charge in [0.2, 0.25) is 0 Å². The molecule has 0 unspecified atom stereocenters. The second kappa shape index (κ2) is 5.68. The summed E-state index contributed by atoms with van der Waals surface area (Å²) in [5.41, 5.74) is 2.87. The van der Waals surface area contributed by atoms with E-state index in [2.05, 4.69) is 14.8 Å². The summed E-state index contributed by atoms with van der Waals surface area (Å²) in [4.78, 5) is 27.1. The molecule has 0 N–H and O–H groups in total. The average molecular weight is 313 g/mol. The van der Waals surface area contributed by atoms with Crippen LogP contribution in [-0.2, 0) is 11.3 Å². The highest BCUT2D eigenvalue weighted by molar-refractivity contribution is 5.85. The monoisotopic (exact) mass is 313 g/mol. The Hall–Kier alpha value is -2.96. The summed E-state index contributed by atoms with van der Waals surface area (Å²) in [5.74, 6) is -0.626. The van der Waals surface area contributed by atoms with Gasteiger partial charge in [0.1, 0.15) is 11.9 Å². The first kappa shape index (κ1) is 15.0. The summed E-state index contributed by atoms with van der Waals surface area (Å²) in [6.07, 6.45) is 1.42. The molecule has 2 aromatic heterocycles. The molecule has 7 nitrogen and oxygen atoms in total. The predicted octanol–water partition coefficient (Wildman–Crippen LogP) is 1.84. The topological polar surface area (TPSA) is 87.2 Å². The highest BCUT2D eigenvalue weighted by Gasteiger charge is 2.14. The van der Waals surface area contributed by atoms with Gasteiger partial charge in [-0.3, -0.25) is 0 Å². The second-order valence-corrected chi connectivity index (χ2v) is 5.23. The van der Waals surface area contributed by atoms with Crippen LogP contribution in [0.3, 0.4) is 0 Å². The van der Waals surface area contributed by atoms with Gasteiger partial charge in [0.25, 0.3) is 5.82 Å². The first-order valence-corrected chi connectivity index (χ1v) is 7.00. The Bertz CT molecular complexity index is 956. The summed E-state index contributed by atoms with van der Waals surface area (Å²) >= 11 is 0. The molecule has 7 heteroatoms. The lowest BCUT2D eigenvalue weighted by Crippen LogP contribution is -2.09. The highest BCUT2D eigenvalue weighted by Crippen LogP contribution is 2.23. The number of esters is 1. The number of rotatable bonds is 3. The maximum Gasteiger partial charge on any atom is 0.377 e. The van der Waals surface area contributed by atoms with Crippen molar-refractivity contribution in [3.05, 3.63) is 57.5 Å². The fourth-order valence-electron chi connectivity index (χ4n) is 2.39. The van der Waals surface area contributed by atoms with Gasteiger partial charge in [0.15, 0.2) is 0 Å². The van der Waals surface area contributed by atoms with Gasteiger partial charge in [-0.1, -0.05) is 12.1 Å². The molecule has 0 saturated heterocycles. The number of benzene rings is 1. The van der Waals surface area contributed by atoms with Gasteiger partial charge in [-0.05, 0) is 30.5 Å². The molecule has 0 amide bonds. The van der Waals surface area contributed by atoms with E-state index in [4.69, 9.17) is 4.42 Å². The normalized spacial score (nSPS) is 10.9. The highest BCUT2D eigenvalue weighted by atomic mass is 16.5. The number of aryl methyl sites for hydroxylation is 2. The molecule has 0 aliphatic carbocycles. The average Bonchev–Trinajstić information content (AvgIpc) is 2.99. The zero-order valence-electron chi connectivity index (χ0n) is 13.0. The zero-order valence-corrected chi connectivity index (χ0v) is 13.0. The van der Waals surface area contributed by atoms with Gasteiger partial charge in [-0.25, -0.2) is 19.3 Å². The maximum absolute atomic E-state index is 11.8. The number of fused-ring (bicyclic) bond motifs is 1. The smallest absolute Gasteiger partial charge is 0.377 e. The lowest BCUT2D eigenvalue weighted by molar-refractivity contribution is 0.0586. The zero-order chi connectivity index (χ0) is 16.6. The van der Waals surface area contributed by atoms with Crippen LogP contribution in [0.25, 0.3) is 11.0 Å². The SMILES string of the molecule is COC(=O)c1ncn(Cc2cc(=O)oc3c(C)c(C)ccc23)n1. The Morgan fingerprint density at radius 3 is 2.87 bits per heavy atom. The molecule has 2 heterocycles. The molecule has 3 rings (SSSR count). The lowest BCUT2D eigenvalue weighted by atomic mass is 10.0. The van der Waals surface area contributed by atoms with Crippen LogP contribution in [0.4, 0.5) is 0 Å². The Morgan fingerprint density at radius 1 is 1.35 bits per heavy atom. The van der Waals surface area contributed by atoms with Crippen molar-refractivity contribution in [1.29, 1.82) is 0 Å². The van der Waals surface area contributed by atoms with Crippen LogP contribution in [0.1, 0.15) is 27.3 Å². The number of ether oxygens (including phenoxy) is 1. The van der Waals surface area contributed by atoms with Crippen molar-refractivity contribution >= 4 is 16.9 Å². The summed E-state index contributed by atoms with van der Waals surface area (Å²) in [7, 11) is 1.27. The first-order chi connectivity index (χ1) is 11.0. The third-order valence-corrected chi connectivity index (χ3v) is 3.75. The Balaban J connectivity index is 2.06. The first-order valence-electron chi connectivity index (χ1n) is 7.00. The molecule has 0 saturated carbocycles. The molecule has 3 aromatic rings. The fourth-order valence-corrected chi connectivity index (χ4v) is 2.39. The molecule has 0 radical (unpaired) electrons. The molecule has 0 spiro atoms. The van der Waals surface area contributed by atoms with Gasteiger partial charge >= 0.3 is 11.6 Å². The minimum atomic E-state index is -0.604. The minimum Gasteiger partial charge on any atom is -0.463 e. The van der Waals surface area contributed by atoms with Crippen LogP contribution in [0, 0.1) is 13.8 Å². The summed E-state index contributed by atoms with van der Waals surface area (Å²) in [6, 6.07) is 5.31. The van der Waals surface area contributed by atoms with Gasteiger partial charge in [0, 0.05) is 11.5 Å². The Kier molecular flexibility index (Phi) is 3.69. The van der Waals surface area contributed by atoms with E-state index in [1.165, 1.54) is 24.2 Å². The van der Waals surface area contributed by atoms with Gasteiger partial charge in [0.05, 0.1) is 13.7 Å². The van der Waals surface area contributed by atoms with Crippen molar-refractivity contribution in [3.8, 4) is 0 Å². The number of carbonyl (C=O) groups excluding carboxylic acids is 1. The van der Waals surface area contributed by atoms with Gasteiger partial charge in [-0.2, -0.15) is 0 Å². The van der Waals surface area contributed by atoms with E-state index in [1.54, 1.807) is 0 Å². The third-order valence-electron chi connectivity index (χ3n) is 3.75. The van der Waals surface area contributed by atoms with E-state index in [-0.39, 0.29) is 5.82 Å². The number of hydrogen-bond acceptors (Lipinski definition) is 6. The number of hydrogen-bond donors (Lipinski definition) is 0. The van der Waals surface area contributed by atoms with Gasteiger partial charge < -0.3 is 9.15 Å². The molecule has 0 bridgehead atoms. The van der Waals surface area contributed by atoms with Crippen LogP contribution in [0.15, 0.2) is 33.7 Å². The summed E-state index contributed by atoms with van der Waals surface area (Å²) in [5, 5.41) is 4.89. The van der Waals surface area contributed by atoms with Crippen LogP contribution in [0.5, 0.6) is 0 Å². The Labute approximate surface area is 131 Å². The molecular weight excluding hydrogens is 298 g/mol. The molecule has 0 aliphatic heterocycles. The van der Waals surface area contributed by atoms with Crippen molar-refractivity contribution in [2.45, 2.75) is 20.4 Å². The van der Waals surface area contributed by atoms with Crippen molar-refractivity contribution < 1.29 is 13.9 Å². The second-order valence-electron chi connectivity index (χ2n) is 5.23. The minimum absolute atomic E-state index is 0.0215. The van der Waals surface area contributed by atoms with E-state index in [1.807, 2.05) is 26.0 Å². The fraction of sp³-hybridized carbons (Fsp3) is 0.250. The molecule has 0 aliphatic rings. The quantitative estimate of drug-likeness (QED) is 0.541. The summed E-state index contributed by atoms with van der Waals surface area (Å²) in [6.45, 7) is 4.17. The predicted molar refractivity (Wildman–Crippen MR) is 82.4 cm³/mol. The Morgan fingerprint density at radius 2 is 2.13 bits per heavy atom. The number of carbonyl (C=O) groups is 1. The van der Waals surface area contributed by atoms with Crippen LogP contribution < -0.4 is 5.63 Å². The van der Waals surface area contributed by atoms with Gasteiger partial charge in [-0.15, -0.1) is 5.10 Å². The van der Waals surface area contributed by atoms with Crippen molar-refractivity contribution in [3.63, 3.8) is 0 Å². The molecule has 23 heavy (non-hydrogen) atoms. The van der Waals surface area contributed by atoms with Crippen LogP contribution in [0.2, 0.25) is 0 Å². The largest absolute Gasteiger partial charge is 0.463 e. The molecule has 1 aromatic carbocycles. The van der Waals surface area contributed by atoms with E-state index >= 15 is 0 Å². The number of aromatic nitrogens is 3. The van der Waals surface area contributed by atoms with Crippen LogP contribution in [-0.4, -0.2) is 27.8 Å². The molecule has 0 fully saturated rings. The maximum atomic E-state index is 11.8. The van der Waals surface area contributed by atoms with Crippen molar-refractivity contribution in [2.24, 2.45) is 0 Å². The van der Waals surface area contributed by atoms with Crippen molar-refractivity contribution in [2.75, 3.05) is 7.11 Å². The van der Waals surface area contributed by atoms with E-state index < -0.39 is 11.6 Å². The third kappa shape index (κ3) is 2.73. The lowest BCUT2D eigenvalue weighted by Gasteiger charge is -2.08. The molecule has 118 valence electrons. The number of nitrogens with zero attached hydrogens (tertiary/aromatic N) is 3. The van der Waals surface area contributed by atoms with Crippen LogP contribution >= 0.6 is 0 Å². The van der Waals surface area contributed by atoms with E-state index in [9.17, 15) is 9.59 Å². The van der Waals surface area contributed by atoms with Crippen molar-refractivity contribution in [1.82, 2.24) is 14.8 Å².